The van der Waals surface area contributed by atoms with Gasteiger partial charge in [0.05, 0.1) is 11.4 Å². The Labute approximate surface area is 287 Å². The largest absolute Gasteiger partial charge is 0.456 e. The van der Waals surface area contributed by atoms with E-state index in [2.05, 4.69) is 96.0 Å². The van der Waals surface area contributed by atoms with Crippen molar-refractivity contribution >= 4 is 43.9 Å². The fraction of sp³-hybridized carbons (Fsp3) is 0. The van der Waals surface area contributed by atoms with Crippen molar-refractivity contribution in [1.82, 2.24) is 15.0 Å². The SMILES string of the molecule is c1ccc(-c2nc(-c3cccc(-c4cccnc4)c3)cc(-c3ccc(-c4cccc5oc6ccccc6c45)c4oc5ccccc5c34)n2)cc1. The molecule has 0 radical (unpaired) electrons. The predicted molar refractivity (Wildman–Crippen MR) is 202 cm³/mol. The maximum atomic E-state index is 6.75. The summed E-state index contributed by atoms with van der Waals surface area (Å²) in [4.78, 5) is 14.7. The standard InChI is InChI=1S/C45H27N3O2/c1-2-11-28(12-3-1)45-47-37(30-14-8-13-29(25-30)31-15-10-24-46-27-31)26-38(48-45)34-23-22-33(44-43(34)36-17-5-7-20-40(36)50-44)32-18-9-21-41-42(32)35-16-4-6-19-39(35)49-41/h1-27H. The molecule has 4 heterocycles. The number of nitrogens with zero attached hydrogens (tertiary/aromatic N) is 3. The first-order valence-corrected chi connectivity index (χ1v) is 16.6. The quantitative estimate of drug-likeness (QED) is 0.187. The molecule has 4 aromatic heterocycles. The average Bonchev–Trinajstić information content (AvgIpc) is 3.77. The minimum absolute atomic E-state index is 0.657. The maximum Gasteiger partial charge on any atom is 0.160 e. The highest BCUT2D eigenvalue weighted by Gasteiger charge is 2.22. The minimum Gasteiger partial charge on any atom is -0.456 e. The molecular weight excluding hydrogens is 615 g/mol. The molecule has 0 aliphatic heterocycles. The first kappa shape index (κ1) is 28.2. The zero-order valence-electron chi connectivity index (χ0n) is 26.7. The van der Waals surface area contributed by atoms with Crippen molar-refractivity contribution in [3.05, 3.63) is 164 Å². The van der Waals surface area contributed by atoms with Crippen LogP contribution in [0.1, 0.15) is 0 Å². The summed E-state index contributed by atoms with van der Waals surface area (Å²) < 4.78 is 13.0. The lowest BCUT2D eigenvalue weighted by Gasteiger charge is -2.12. The van der Waals surface area contributed by atoms with E-state index >= 15 is 0 Å². The molecule has 5 heteroatoms. The molecule has 6 aromatic carbocycles. The van der Waals surface area contributed by atoms with E-state index in [1.54, 1.807) is 6.20 Å². The Kier molecular flexibility index (Phi) is 6.42. The van der Waals surface area contributed by atoms with Gasteiger partial charge < -0.3 is 8.83 Å². The number of fused-ring (bicyclic) bond motifs is 6. The van der Waals surface area contributed by atoms with Gasteiger partial charge in [0.2, 0.25) is 0 Å². The van der Waals surface area contributed by atoms with E-state index < -0.39 is 0 Å². The summed E-state index contributed by atoms with van der Waals surface area (Å²) in [5.74, 6) is 0.657. The molecule has 0 fully saturated rings. The molecule has 0 aliphatic rings. The summed E-state index contributed by atoms with van der Waals surface area (Å²) in [6.07, 6.45) is 3.68. The predicted octanol–water partition coefficient (Wildman–Crippen LogP) is 12.0. The van der Waals surface area contributed by atoms with Crippen LogP contribution in [-0.2, 0) is 0 Å². The van der Waals surface area contributed by atoms with Gasteiger partial charge >= 0.3 is 0 Å². The zero-order chi connectivity index (χ0) is 33.0. The highest BCUT2D eigenvalue weighted by molar-refractivity contribution is 6.20. The first-order chi connectivity index (χ1) is 24.8. The van der Waals surface area contributed by atoms with Crippen molar-refractivity contribution in [2.45, 2.75) is 0 Å². The van der Waals surface area contributed by atoms with Gasteiger partial charge in [-0.05, 0) is 53.6 Å². The van der Waals surface area contributed by atoms with Crippen molar-refractivity contribution < 1.29 is 8.83 Å². The van der Waals surface area contributed by atoms with E-state index in [1.165, 1.54) is 0 Å². The smallest absolute Gasteiger partial charge is 0.160 e. The molecule has 0 spiro atoms. The molecule has 10 aromatic rings. The van der Waals surface area contributed by atoms with Crippen molar-refractivity contribution in [1.29, 1.82) is 0 Å². The van der Waals surface area contributed by atoms with Crippen LogP contribution in [0.5, 0.6) is 0 Å². The van der Waals surface area contributed by atoms with Gasteiger partial charge in [0.15, 0.2) is 5.82 Å². The summed E-state index contributed by atoms with van der Waals surface area (Å²) in [5, 5.41) is 4.19. The van der Waals surface area contributed by atoms with Gasteiger partial charge in [-0.3, -0.25) is 4.98 Å². The minimum atomic E-state index is 0.657. The highest BCUT2D eigenvalue weighted by Crippen LogP contribution is 2.45. The monoisotopic (exact) mass is 641 g/mol. The van der Waals surface area contributed by atoms with Gasteiger partial charge in [-0.2, -0.15) is 0 Å². The molecule has 0 unspecified atom stereocenters. The summed E-state index contributed by atoms with van der Waals surface area (Å²) in [6.45, 7) is 0. The molecule has 10 rings (SSSR count). The number of hydrogen-bond acceptors (Lipinski definition) is 5. The van der Waals surface area contributed by atoms with Gasteiger partial charge in [0, 0.05) is 61.8 Å². The first-order valence-electron chi connectivity index (χ1n) is 16.6. The molecule has 50 heavy (non-hydrogen) atoms. The van der Waals surface area contributed by atoms with E-state index in [9.17, 15) is 0 Å². The Balaban J connectivity index is 1.23. The van der Waals surface area contributed by atoms with Crippen LogP contribution in [0, 0.1) is 0 Å². The van der Waals surface area contributed by atoms with Crippen LogP contribution in [0.2, 0.25) is 0 Å². The molecule has 0 atom stereocenters. The average molecular weight is 642 g/mol. The van der Waals surface area contributed by atoms with Crippen molar-refractivity contribution in [2.24, 2.45) is 0 Å². The van der Waals surface area contributed by atoms with Gasteiger partial charge in [-0.1, -0.05) is 109 Å². The number of pyridine rings is 1. The third kappa shape index (κ3) is 4.60. The Morgan fingerprint density at radius 1 is 0.400 bits per heavy atom. The van der Waals surface area contributed by atoms with E-state index in [-0.39, 0.29) is 0 Å². The number of para-hydroxylation sites is 2. The van der Waals surface area contributed by atoms with Crippen molar-refractivity contribution in [3.63, 3.8) is 0 Å². The van der Waals surface area contributed by atoms with E-state index in [0.29, 0.717) is 5.82 Å². The Morgan fingerprint density at radius 2 is 1.06 bits per heavy atom. The van der Waals surface area contributed by atoms with Crippen LogP contribution in [0.4, 0.5) is 0 Å². The third-order valence-electron chi connectivity index (χ3n) is 9.41. The van der Waals surface area contributed by atoms with Crippen LogP contribution < -0.4 is 0 Å². The number of rotatable bonds is 5. The topological polar surface area (TPSA) is 65.0 Å². The van der Waals surface area contributed by atoms with Crippen molar-refractivity contribution in [3.8, 4) is 56.2 Å². The maximum absolute atomic E-state index is 6.75. The lowest BCUT2D eigenvalue weighted by atomic mass is 9.94. The normalized spacial score (nSPS) is 11.6. The number of hydrogen-bond donors (Lipinski definition) is 0. The van der Waals surface area contributed by atoms with Crippen LogP contribution in [0.15, 0.2) is 173 Å². The van der Waals surface area contributed by atoms with E-state index in [0.717, 1.165) is 94.2 Å². The van der Waals surface area contributed by atoms with E-state index in [1.807, 2.05) is 66.9 Å². The Morgan fingerprint density at radius 3 is 1.90 bits per heavy atom. The molecule has 0 bridgehead atoms. The number of aromatic nitrogens is 3. The molecule has 0 N–H and O–H groups in total. The van der Waals surface area contributed by atoms with Gasteiger partial charge in [0.25, 0.3) is 0 Å². The van der Waals surface area contributed by atoms with Gasteiger partial charge in [-0.25, -0.2) is 9.97 Å². The number of benzene rings is 6. The molecule has 234 valence electrons. The molecule has 5 nitrogen and oxygen atoms in total. The second-order valence-electron chi connectivity index (χ2n) is 12.4. The molecule has 0 aliphatic carbocycles. The molecular formula is C45H27N3O2. The zero-order valence-corrected chi connectivity index (χ0v) is 26.7. The summed E-state index contributed by atoms with van der Waals surface area (Å²) in [5.41, 5.74) is 12.1. The van der Waals surface area contributed by atoms with Crippen LogP contribution in [0.3, 0.4) is 0 Å². The fourth-order valence-corrected chi connectivity index (χ4v) is 7.09. The van der Waals surface area contributed by atoms with Crippen LogP contribution in [-0.4, -0.2) is 15.0 Å². The van der Waals surface area contributed by atoms with Gasteiger partial charge in [-0.15, -0.1) is 0 Å². The molecule has 0 amide bonds. The molecule has 0 saturated carbocycles. The summed E-state index contributed by atoms with van der Waals surface area (Å²) in [6, 6.07) is 51.7. The van der Waals surface area contributed by atoms with Crippen LogP contribution >= 0.6 is 0 Å². The Hall–Kier alpha value is -6.85. The Bertz CT molecular complexity index is 2870. The second kappa shape index (κ2) is 11.4. The molecule has 0 saturated heterocycles. The summed E-state index contributed by atoms with van der Waals surface area (Å²) >= 11 is 0. The summed E-state index contributed by atoms with van der Waals surface area (Å²) in [7, 11) is 0. The second-order valence-corrected chi connectivity index (χ2v) is 12.4. The van der Waals surface area contributed by atoms with E-state index in [4.69, 9.17) is 18.8 Å². The lowest BCUT2D eigenvalue weighted by Crippen LogP contribution is -1.96. The van der Waals surface area contributed by atoms with Gasteiger partial charge in [0.1, 0.15) is 22.3 Å². The lowest BCUT2D eigenvalue weighted by molar-refractivity contribution is 0.668. The third-order valence-corrected chi connectivity index (χ3v) is 9.41. The number of furan rings is 2. The van der Waals surface area contributed by atoms with Crippen molar-refractivity contribution in [2.75, 3.05) is 0 Å². The van der Waals surface area contributed by atoms with Crippen LogP contribution in [0.25, 0.3) is 100 Å². The fourth-order valence-electron chi connectivity index (χ4n) is 7.09. The highest BCUT2D eigenvalue weighted by atomic mass is 16.3.